The minimum absolute atomic E-state index is 0.159. The topological polar surface area (TPSA) is 348 Å². The zero-order chi connectivity index (χ0) is 35.3. The molecule has 0 saturated carbocycles. The second-order valence-corrected chi connectivity index (χ2v) is 14.7. The van der Waals surface area contributed by atoms with E-state index >= 15 is 0 Å². The molecular formula is C23H20N6O14S4. The van der Waals surface area contributed by atoms with Gasteiger partial charge in [0.2, 0.25) is 0 Å². The number of azo groups is 2. The Bertz CT molecular complexity index is 2480. The molecule has 0 spiro atoms. The van der Waals surface area contributed by atoms with Gasteiger partial charge in [0.1, 0.15) is 48.1 Å². The number of hydrogen-bond acceptors (Lipinski definition) is 16. The Morgan fingerprint density at radius 1 is 0.617 bits per heavy atom. The van der Waals surface area contributed by atoms with Gasteiger partial charge in [0, 0.05) is 6.07 Å². The minimum atomic E-state index is -5.32. The van der Waals surface area contributed by atoms with Crippen molar-refractivity contribution in [2.75, 3.05) is 18.6 Å². The molecule has 0 aromatic heterocycles. The summed E-state index contributed by atoms with van der Waals surface area (Å²) in [4.78, 5) is -4.04. The number of fused-ring (bicyclic) bond motifs is 1. The third-order valence-corrected chi connectivity index (χ3v) is 9.64. The van der Waals surface area contributed by atoms with Gasteiger partial charge in [-0.3, -0.25) is 18.2 Å². The van der Waals surface area contributed by atoms with E-state index in [4.69, 9.17) is 16.2 Å². The molecule has 4 rings (SSSR count). The average molecular weight is 733 g/mol. The van der Waals surface area contributed by atoms with Gasteiger partial charge in [-0.2, -0.15) is 33.7 Å². The summed E-state index contributed by atoms with van der Waals surface area (Å²) in [7, 11) is -19.4. The highest BCUT2D eigenvalue weighted by atomic mass is 32.2. The van der Waals surface area contributed by atoms with Gasteiger partial charge < -0.3 is 21.3 Å². The number of nitrogens with two attached hydrogens (primary N) is 2. The fraction of sp³-hybridized carbons (Fsp3) is 0.0435. The van der Waals surface area contributed by atoms with Crippen molar-refractivity contribution >= 4 is 85.4 Å². The van der Waals surface area contributed by atoms with E-state index in [0.29, 0.717) is 12.1 Å². The first-order valence-corrected chi connectivity index (χ1v) is 17.7. The summed E-state index contributed by atoms with van der Waals surface area (Å²) in [5, 5.41) is 24.3. The quantitative estimate of drug-likeness (QED) is 0.0734. The lowest BCUT2D eigenvalue weighted by atomic mass is 10.1. The zero-order valence-corrected chi connectivity index (χ0v) is 26.4. The van der Waals surface area contributed by atoms with E-state index in [2.05, 4.69) is 20.5 Å². The molecule has 0 aliphatic heterocycles. The van der Waals surface area contributed by atoms with Crippen LogP contribution in [0.15, 0.2) is 88.6 Å². The van der Waals surface area contributed by atoms with Crippen LogP contribution in [0.3, 0.4) is 0 Å². The summed E-state index contributed by atoms with van der Waals surface area (Å²) >= 11 is 0. The number of ether oxygens (including phenoxy) is 1. The lowest BCUT2D eigenvalue weighted by molar-refractivity contribution is 0.416. The van der Waals surface area contributed by atoms with Crippen LogP contribution in [-0.4, -0.2) is 64.1 Å². The highest BCUT2D eigenvalue weighted by molar-refractivity contribution is 7.86. The first-order valence-electron chi connectivity index (χ1n) is 12.0. The maximum Gasteiger partial charge on any atom is 0.296 e. The maximum atomic E-state index is 12.3. The van der Waals surface area contributed by atoms with Crippen LogP contribution in [-0.2, 0) is 40.5 Å². The summed E-state index contributed by atoms with van der Waals surface area (Å²) in [6, 6.07) is 7.21. The van der Waals surface area contributed by atoms with Crippen LogP contribution in [0.5, 0.6) is 11.5 Å². The molecule has 0 aliphatic rings. The summed E-state index contributed by atoms with van der Waals surface area (Å²) in [5.41, 5.74) is 7.46. The summed E-state index contributed by atoms with van der Waals surface area (Å²) in [6.45, 7) is 0. The van der Waals surface area contributed by atoms with Crippen molar-refractivity contribution in [1.29, 1.82) is 0 Å². The Morgan fingerprint density at radius 2 is 1.11 bits per heavy atom. The van der Waals surface area contributed by atoms with Crippen LogP contribution in [0.1, 0.15) is 0 Å². The molecule has 0 unspecified atom stereocenters. The number of phenolic OH excluding ortho intramolecular Hbond substituents is 1. The smallest absolute Gasteiger partial charge is 0.296 e. The van der Waals surface area contributed by atoms with Crippen molar-refractivity contribution in [3.05, 3.63) is 48.5 Å². The van der Waals surface area contributed by atoms with Crippen molar-refractivity contribution in [3.63, 3.8) is 0 Å². The van der Waals surface area contributed by atoms with Crippen LogP contribution < -0.4 is 16.2 Å². The van der Waals surface area contributed by atoms with Crippen molar-refractivity contribution in [2.24, 2.45) is 20.5 Å². The number of nitrogens with zero attached hydrogens (tertiary/aromatic N) is 4. The molecule has 0 bridgehead atoms. The molecule has 20 nitrogen and oxygen atoms in total. The fourth-order valence-corrected chi connectivity index (χ4v) is 6.69. The van der Waals surface area contributed by atoms with E-state index < -0.39 is 105 Å². The number of hydrogen-bond donors (Lipinski definition) is 7. The van der Waals surface area contributed by atoms with E-state index in [0.717, 1.165) is 31.4 Å². The monoisotopic (exact) mass is 732 g/mol. The van der Waals surface area contributed by atoms with Gasteiger partial charge in [0.05, 0.1) is 23.9 Å². The molecule has 0 radical (unpaired) electrons. The van der Waals surface area contributed by atoms with Crippen LogP contribution in [0.2, 0.25) is 0 Å². The Labute approximate surface area is 265 Å². The van der Waals surface area contributed by atoms with Gasteiger partial charge in [-0.1, -0.05) is 12.1 Å². The second-order valence-electron chi connectivity index (χ2n) is 9.14. The van der Waals surface area contributed by atoms with E-state index in [9.17, 15) is 57.0 Å². The predicted octanol–water partition coefficient (Wildman–Crippen LogP) is 3.54. The normalized spacial score (nSPS) is 13.1. The van der Waals surface area contributed by atoms with Gasteiger partial charge in [-0.05, 0) is 35.7 Å². The van der Waals surface area contributed by atoms with E-state index in [1.165, 1.54) is 12.1 Å². The van der Waals surface area contributed by atoms with Gasteiger partial charge in [0.15, 0.2) is 5.75 Å². The largest absolute Gasteiger partial charge is 0.505 e. The average Bonchev–Trinajstić information content (AvgIpc) is 2.94. The molecule has 24 heteroatoms. The predicted molar refractivity (Wildman–Crippen MR) is 161 cm³/mol. The third kappa shape index (κ3) is 7.13. The second kappa shape index (κ2) is 12.1. The van der Waals surface area contributed by atoms with Crippen LogP contribution in [0.25, 0.3) is 10.8 Å². The van der Waals surface area contributed by atoms with E-state index in [1.807, 2.05) is 0 Å². The molecule has 0 saturated heterocycles. The number of phenols is 1. The SMILES string of the molecule is COc1cc(N=Nc2c(S(=O)(=O)O)cc3cc(S(=O)(=O)O)c(N=Nc4ccccc4S(=O)(=O)O)c(O)c3c2N)c(S(=O)(=O)O)cc1N. The van der Waals surface area contributed by atoms with Gasteiger partial charge in [-0.15, -0.1) is 20.5 Å². The third-order valence-electron chi connectivity index (χ3n) is 6.12. The number of methoxy groups -OCH3 is 1. The molecule has 4 aromatic carbocycles. The van der Waals surface area contributed by atoms with E-state index in [1.54, 1.807) is 0 Å². The molecule has 0 amide bonds. The van der Waals surface area contributed by atoms with Gasteiger partial charge in [-0.25, -0.2) is 0 Å². The zero-order valence-electron chi connectivity index (χ0n) is 23.1. The first kappa shape index (κ1) is 35.0. The standard InChI is InChI=1S/C23H20N6O14S4/c1-43-14-9-13(16(8-11(14)24)45(34,35)36)27-28-21-17(46(37,38)39)6-10-7-18(47(40,41)42)22(23(30)19(10)20(21)25)29-26-12-4-2-3-5-15(12)44(31,32)33/h2-9,30H,24-25H2,1H3,(H,31,32,33)(H,34,35,36)(H,37,38,39)(H,40,41,42). The number of benzene rings is 4. The van der Waals surface area contributed by atoms with Crippen molar-refractivity contribution in [1.82, 2.24) is 0 Å². The first-order chi connectivity index (χ1) is 21.6. The molecule has 0 fully saturated rings. The van der Waals surface area contributed by atoms with Gasteiger partial charge in [0.25, 0.3) is 40.5 Å². The van der Waals surface area contributed by atoms with Crippen LogP contribution in [0.4, 0.5) is 34.1 Å². The molecule has 0 atom stereocenters. The Balaban J connectivity index is 2.09. The van der Waals surface area contributed by atoms with E-state index in [-0.39, 0.29) is 11.4 Å². The Kier molecular flexibility index (Phi) is 9.01. The Hall–Kier alpha value is -4.82. The highest BCUT2D eigenvalue weighted by Gasteiger charge is 2.28. The summed E-state index contributed by atoms with van der Waals surface area (Å²) in [6.07, 6.45) is 0. The molecule has 9 N–H and O–H groups in total. The molecule has 47 heavy (non-hydrogen) atoms. The highest BCUT2D eigenvalue weighted by Crippen LogP contribution is 2.48. The Morgan fingerprint density at radius 3 is 1.64 bits per heavy atom. The van der Waals surface area contributed by atoms with Crippen molar-refractivity contribution < 1.29 is 61.7 Å². The summed E-state index contributed by atoms with van der Waals surface area (Å²) < 4.78 is 140. The van der Waals surface area contributed by atoms with Crippen molar-refractivity contribution in [3.8, 4) is 11.5 Å². The molecular weight excluding hydrogens is 713 g/mol. The van der Waals surface area contributed by atoms with Crippen LogP contribution >= 0.6 is 0 Å². The lowest BCUT2D eigenvalue weighted by Crippen LogP contribution is -2.04. The molecule has 4 aromatic rings. The molecule has 0 heterocycles. The number of rotatable bonds is 9. The van der Waals surface area contributed by atoms with Crippen molar-refractivity contribution in [2.45, 2.75) is 19.6 Å². The number of aromatic hydroxyl groups is 1. The minimum Gasteiger partial charge on any atom is -0.505 e. The number of nitrogen functional groups attached to an aromatic ring is 2. The fourth-order valence-electron chi connectivity index (χ4n) is 4.10. The maximum absolute atomic E-state index is 12.3. The summed E-state index contributed by atoms with van der Waals surface area (Å²) in [5.74, 6) is -1.36. The number of anilines is 2. The molecule has 250 valence electrons. The van der Waals surface area contributed by atoms with Gasteiger partial charge >= 0.3 is 0 Å². The molecule has 0 aliphatic carbocycles. The lowest BCUT2D eigenvalue weighted by Gasteiger charge is -2.14. The van der Waals surface area contributed by atoms with Crippen LogP contribution in [0, 0.1) is 0 Å².